The molecule has 0 spiro atoms. The molecule has 6 nitrogen and oxygen atoms in total. The Morgan fingerprint density at radius 2 is 2.04 bits per heavy atom. The summed E-state index contributed by atoms with van der Waals surface area (Å²) in [5.41, 5.74) is 6.35. The van der Waals surface area contributed by atoms with Gasteiger partial charge in [0.15, 0.2) is 5.11 Å². The minimum absolute atomic E-state index is 0.0244. The molecule has 1 aromatic heterocycles. The molecule has 2 amide bonds. The highest BCUT2D eigenvalue weighted by Crippen LogP contribution is 2.17. The fourth-order valence-electron chi connectivity index (χ4n) is 1.65. The van der Waals surface area contributed by atoms with Crippen LogP contribution in [0.25, 0.3) is 6.08 Å². The van der Waals surface area contributed by atoms with Crippen LogP contribution >= 0.6 is 28.1 Å². The summed E-state index contributed by atoms with van der Waals surface area (Å²) in [6, 6.07) is 8.62. The number of nitrogens with one attached hydrogen (secondary N) is 3. The first-order chi connectivity index (χ1) is 11.5. The van der Waals surface area contributed by atoms with Crippen molar-refractivity contribution in [1.29, 1.82) is 0 Å². The van der Waals surface area contributed by atoms with Crippen LogP contribution in [-0.2, 0) is 4.79 Å². The smallest absolute Gasteiger partial charge is 0.269 e. The first-order valence-electron chi connectivity index (χ1n) is 6.85. The predicted octanol–water partition coefficient (Wildman–Crippen LogP) is 2.70. The summed E-state index contributed by atoms with van der Waals surface area (Å²) in [7, 11) is 0. The Labute approximate surface area is 152 Å². The van der Waals surface area contributed by atoms with Gasteiger partial charge in [-0.05, 0) is 55.0 Å². The Bertz CT molecular complexity index is 788. The van der Waals surface area contributed by atoms with Gasteiger partial charge in [-0.3, -0.25) is 25.8 Å². The molecule has 0 aliphatic heterocycles. The van der Waals surface area contributed by atoms with E-state index < -0.39 is 5.91 Å². The van der Waals surface area contributed by atoms with Crippen molar-refractivity contribution in [2.45, 2.75) is 6.92 Å². The Morgan fingerprint density at radius 1 is 1.25 bits per heavy atom. The van der Waals surface area contributed by atoms with Crippen molar-refractivity contribution in [1.82, 2.24) is 16.2 Å². The van der Waals surface area contributed by atoms with Crippen LogP contribution in [0.4, 0.5) is 0 Å². The lowest BCUT2D eigenvalue weighted by Crippen LogP contribution is -2.48. The van der Waals surface area contributed by atoms with E-state index in [0.717, 1.165) is 10.0 Å². The molecule has 8 heteroatoms. The molecule has 3 N–H and O–H groups in total. The molecule has 2 aromatic rings. The number of hydrazine groups is 1. The highest BCUT2D eigenvalue weighted by atomic mass is 79.9. The normalized spacial score (nSPS) is 10.4. The fourth-order valence-corrected chi connectivity index (χ4v) is 2.18. The van der Waals surface area contributed by atoms with E-state index in [9.17, 15) is 9.59 Å². The topological polar surface area (TPSA) is 83.4 Å². The largest absolute Gasteiger partial charge is 0.465 e. The van der Waals surface area contributed by atoms with Gasteiger partial charge in [0, 0.05) is 16.1 Å². The van der Waals surface area contributed by atoms with Crippen LogP contribution in [0.15, 0.2) is 51.6 Å². The number of halogens is 1. The van der Waals surface area contributed by atoms with Crippen LogP contribution in [0.1, 0.15) is 21.7 Å². The van der Waals surface area contributed by atoms with Gasteiger partial charge in [0.25, 0.3) is 5.91 Å². The van der Waals surface area contributed by atoms with E-state index in [-0.39, 0.29) is 11.0 Å². The van der Waals surface area contributed by atoms with E-state index in [1.807, 2.05) is 13.0 Å². The average Bonchev–Trinajstić information content (AvgIpc) is 3.06. The van der Waals surface area contributed by atoms with Crippen LogP contribution < -0.4 is 16.2 Å². The maximum absolute atomic E-state index is 12.0. The molecule has 0 unspecified atom stereocenters. The van der Waals surface area contributed by atoms with Crippen molar-refractivity contribution in [3.63, 3.8) is 0 Å². The van der Waals surface area contributed by atoms with Gasteiger partial charge in [0.1, 0.15) is 5.76 Å². The number of amides is 2. The van der Waals surface area contributed by atoms with Crippen molar-refractivity contribution >= 4 is 51.2 Å². The molecule has 1 aromatic carbocycles. The number of aryl methyl sites for hydroxylation is 1. The SMILES string of the molecule is Cc1ccc(C(=O)NNC(=S)NC(=O)C=Cc2ccco2)cc1Br. The van der Waals surface area contributed by atoms with Crippen molar-refractivity contribution in [2.24, 2.45) is 0 Å². The van der Waals surface area contributed by atoms with Crippen LogP contribution in [0, 0.1) is 6.92 Å². The van der Waals surface area contributed by atoms with Crippen LogP contribution in [0.5, 0.6) is 0 Å². The average molecular weight is 408 g/mol. The van der Waals surface area contributed by atoms with Crippen molar-refractivity contribution in [2.75, 3.05) is 0 Å². The molecule has 124 valence electrons. The van der Waals surface area contributed by atoms with Crippen molar-refractivity contribution in [3.05, 3.63) is 64.0 Å². The summed E-state index contributed by atoms with van der Waals surface area (Å²) in [5, 5.41) is 2.37. The first-order valence-corrected chi connectivity index (χ1v) is 8.05. The molecule has 0 aliphatic carbocycles. The maximum atomic E-state index is 12.0. The van der Waals surface area contributed by atoms with E-state index >= 15 is 0 Å². The minimum atomic E-state index is -0.448. The number of carbonyl (C=O) groups excluding carboxylic acids is 2. The summed E-state index contributed by atoms with van der Waals surface area (Å²) in [6.07, 6.45) is 4.27. The highest BCUT2D eigenvalue weighted by Gasteiger charge is 2.08. The number of hydrogen-bond acceptors (Lipinski definition) is 4. The summed E-state index contributed by atoms with van der Waals surface area (Å²) >= 11 is 8.30. The molecular weight excluding hydrogens is 394 g/mol. The zero-order valence-electron chi connectivity index (χ0n) is 12.6. The van der Waals surface area contributed by atoms with E-state index in [1.54, 1.807) is 24.3 Å². The molecule has 0 fully saturated rings. The zero-order chi connectivity index (χ0) is 17.5. The second kappa shape index (κ2) is 8.42. The third-order valence-corrected chi connectivity index (χ3v) is 3.96. The van der Waals surface area contributed by atoms with Gasteiger partial charge in [0.05, 0.1) is 6.26 Å². The summed E-state index contributed by atoms with van der Waals surface area (Å²) < 4.78 is 5.89. The molecule has 0 aliphatic rings. The standard InChI is InChI=1S/C16H14BrN3O3S/c1-10-4-5-11(9-13(10)17)15(22)19-20-16(24)18-14(21)7-6-12-3-2-8-23-12/h2-9H,1H3,(H,19,22)(H2,18,20,21,24). The second-order valence-electron chi connectivity index (χ2n) is 4.71. The number of thiocarbonyl (C=S) groups is 1. The molecule has 2 rings (SSSR count). The van der Waals surface area contributed by atoms with Gasteiger partial charge in [-0.2, -0.15) is 0 Å². The van der Waals surface area contributed by atoms with E-state index in [1.165, 1.54) is 18.4 Å². The molecule has 24 heavy (non-hydrogen) atoms. The molecule has 1 heterocycles. The summed E-state index contributed by atoms with van der Waals surface area (Å²) in [5.74, 6) is -0.281. The van der Waals surface area contributed by atoms with Crippen molar-refractivity contribution < 1.29 is 14.0 Å². The van der Waals surface area contributed by atoms with Gasteiger partial charge in [-0.15, -0.1) is 0 Å². The van der Waals surface area contributed by atoms with Crippen LogP contribution in [0.3, 0.4) is 0 Å². The van der Waals surface area contributed by atoms with Crippen molar-refractivity contribution in [3.8, 4) is 0 Å². The Kier molecular flexibility index (Phi) is 6.28. The summed E-state index contributed by atoms with van der Waals surface area (Å²) in [6.45, 7) is 1.92. The van der Waals surface area contributed by atoms with Gasteiger partial charge in [-0.1, -0.05) is 22.0 Å². The molecule has 0 radical (unpaired) electrons. The predicted molar refractivity (Wildman–Crippen MR) is 98.0 cm³/mol. The van der Waals surface area contributed by atoms with E-state index in [0.29, 0.717) is 11.3 Å². The number of hydrogen-bond donors (Lipinski definition) is 3. The number of furan rings is 1. The Morgan fingerprint density at radius 3 is 2.71 bits per heavy atom. The van der Waals surface area contributed by atoms with Gasteiger partial charge in [0.2, 0.25) is 5.91 Å². The van der Waals surface area contributed by atoms with Crippen LogP contribution in [0.2, 0.25) is 0 Å². The lowest BCUT2D eigenvalue weighted by molar-refractivity contribution is -0.115. The van der Waals surface area contributed by atoms with Gasteiger partial charge < -0.3 is 4.42 Å². The zero-order valence-corrected chi connectivity index (χ0v) is 15.0. The molecular formula is C16H14BrN3O3S. The highest BCUT2D eigenvalue weighted by molar-refractivity contribution is 9.10. The molecule has 0 atom stereocenters. The van der Waals surface area contributed by atoms with Crippen LogP contribution in [-0.4, -0.2) is 16.9 Å². The third kappa shape index (κ3) is 5.32. The fraction of sp³-hybridized carbons (Fsp3) is 0.0625. The minimum Gasteiger partial charge on any atom is -0.465 e. The molecule has 0 saturated carbocycles. The first kappa shape index (κ1) is 17.9. The quantitative estimate of drug-likeness (QED) is 0.413. The van der Waals surface area contributed by atoms with E-state index in [2.05, 4.69) is 32.1 Å². The third-order valence-electron chi connectivity index (χ3n) is 2.90. The van der Waals surface area contributed by atoms with Gasteiger partial charge in [-0.25, -0.2) is 0 Å². The molecule has 0 saturated heterocycles. The number of benzene rings is 1. The maximum Gasteiger partial charge on any atom is 0.269 e. The summed E-state index contributed by atoms with van der Waals surface area (Å²) in [4.78, 5) is 23.6. The Balaban J connectivity index is 1.80. The Hall–Kier alpha value is -2.45. The van der Waals surface area contributed by atoms with E-state index in [4.69, 9.17) is 16.6 Å². The second-order valence-corrected chi connectivity index (χ2v) is 5.97. The van der Waals surface area contributed by atoms with Gasteiger partial charge >= 0.3 is 0 Å². The number of rotatable bonds is 3. The molecule has 0 bridgehead atoms. The number of carbonyl (C=O) groups is 2. The lowest BCUT2D eigenvalue weighted by atomic mass is 10.1. The monoisotopic (exact) mass is 407 g/mol. The lowest BCUT2D eigenvalue weighted by Gasteiger charge is -2.10.